The number of sulfone groups is 1. The summed E-state index contributed by atoms with van der Waals surface area (Å²) in [5.74, 6) is 0.191. The van der Waals surface area contributed by atoms with E-state index in [4.69, 9.17) is 5.73 Å². The lowest BCUT2D eigenvalue weighted by molar-refractivity contribution is 0.520. The summed E-state index contributed by atoms with van der Waals surface area (Å²) < 4.78 is 23.3. The zero-order valence-electron chi connectivity index (χ0n) is 7.51. The van der Waals surface area contributed by atoms with Gasteiger partial charge in [-0.2, -0.15) is 0 Å². The third kappa shape index (κ3) is 3.02. The van der Waals surface area contributed by atoms with E-state index in [9.17, 15) is 8.42 Å². The highest BCUT2D eigenvalue weighted by molar-refractivity contribution is 7.90. The average Bonchev–Trinajstić information content (AvgIpc) is 2.31. The Labute approximate surface area is 76.7 Å². The van der Waals surface area contributed by atoms with Gasteiger partial charge in [0.15, 0.2) is 0 Å². The third-order valence-corrected chi connectivity index (χ3v) is 2.61. The van der Waals surface area contributed by atoms with Gasteiger partial charge in [-0.3, -0.25) is 0 Å². The highest BCUT2D eigenvalue weighted by Gasteiger charge is 2.13. The van der Waals surface area contributed by atoms with Crippen LogP contribution in [0.25, 0.3) is 0 Å². The lowest BCUT2D eigenvalue weighted by Crippen LogP contribution is -2.17. The van der Waals surface area contributed by atoms with Gasteiger partial charge in [0.25, 0.3) is 0 Å². The molecule has 0 aromatic carbocycles. The second-order valence-electron chi connectivity index (χ2n) is 3.02. The fraction of sp³-hybridized carbons (Fsp3) is 0.667. The van der Waals surface area contributed by atoms with E-state index in [2.05, 4.69) is 10.1 Å². The largest absolute Gasteiger partial charge is 0.367 e. The lowest BCUT2D eigenvalue weighted by Gasteiger charge is -2.08. The molecule has 0 aliphatic heterocycles. The minimum absolute atomic E-state index is 0.0375. The smallest absolute Gasteiger partial charge is 0.239 e. The first-order chi connectivity index (χ1) is 5.88. The molecule has 7 heteroatoms. The summed E-state index contributed by atoms with van der Waals surface area (Å²) in [4.78, 5) is 3.70. The van der Waals surface area contributed by atoms with Crippen molar-refractivity contribution in [3.63, 3.8) is 0 Å². The molecule has 1 rings (SSSR count). The van der Waals surface area contributed by atoms with Crippen LogP contribution < -0.4 is 5.73 Å². The van der Waals surface area contributed by atoms with Gasteiger partial charge in [-0.05, 0) is 6.92 Å². The predicted molar refractivity (Wildman–Crippen MR) is 48.9 cm³/mol. The Kier molecular flexibility index (Phi) is 2.55. The fourth-order valence-electron chi connectivity index (χ4n) is 1.02. The van der Waals surface area contributed by atoms with Crippen molar-refractivity contribution in [1.29, 1.82) is 0 Å². The van der Waals surface area contributed by atoms with Crippen LogP contribution in [0.2, 0.25) is 0 Å². The number of hydrogen-bond donors (Lipinski definition) is 1. The van der Waals surface area contributed by atoms with Crippen molar-refractivity contribution in [3.8, 4) is 0 Å². The first kappa shape index (κ1) is 9.97. The average molecular weight is 204 g/mol. The number of nitrogens with two attached hydrogens (primary N) is 1. The molecule has 0 bridgehead atoms. The summed E-state index contributed by atoms with van der Waals surface area (Å²) in [5, 5.41) is 3.81. The molecule has 1 unspecified atom stereocenters. The topological polar surface area (TPSA) is 90.9 Å². The highest BCUT2D eigenvalue weighted by Crippen LogP contribution is 2.06. The molecule has 1 aromatic rings. The normalized spacial score (nSPS) is 14.3. The predicted octanol–water partition coefficient (Wildman–Crippen LogP) is -0.534. The van der Waals surface area contributed by atoms with Crippen molar-refractivity contribution in [2.75, 3.05) is 17.7 Å². The quantitative estimate of drug-likeness (QED) is 0.714. The van der Waals surface area contributed by atoms with Gasteiger partial charge in [0.05, 0.1) is 11.8 Å². The van der Waals surface area contributed by atoms with Gasteiger partial charge >= 0.3 is 0 Å². The standard InChI is InChI=1S/C6H12N4O2S/c1-5(3-13(2,11)12)10-4-8-6(7)9-10/h4-5H,3H2,1-2H3,(H2,7,9). The van der Waals surface area contributed by atoms with Crippen molar-refractivity contribution in [3.05, 3.63) is 6.33 Å². The van der Waals surface area contributed by atoms with Gasteiger partial charge in [-0.1, -0.05) is 0 Å². The molecule has 0 spiro atoms. The number of nitrogen functional groups attached to an aromatic ring is 1. The Hall–Kier alpha value is -1.11. The van der Waals surface area contributed by atoms with Crippen molar-refractivity contribution in [1.82, 2.24) is 14.8 Å². The Morgan fingerprint density at radius 3 is 2.69 bits per heavy atom. The van der Waals surface area contributed by atoms with Gasteiger partial charge in [0.2, 0.25) is 5.95 Å². The molecule has 13 heavy (non-hydrogen) atoms. The van der Waals surface area contributed by atoms with Gasteiger partial charge in [0.1, 0.15) is 16.2 Å². The zero-order valence-corrected chi connectivity index (χ0v) is 8.32. The van der Waals surface area contributed by atoms with Crippen LogP contribution in [0.15, 0.2) is 6.33 Å². The van der Waals surface area contributed by atoms with Gasteiger partial charge in [-0.15, -0.1) is 5.10 Å². The van der Waals surface area contributed by atoms with E-state index < -0.39 is 9.84 Å². The summed E-state index contributed by atoms with van der Waals surface area (Å²) >= 11 is 0. The molecule has 0 aliphatic rings. The van der Waals surface area contributed by atoms with Crippen LogP contribution in [-0.4, -0.2) is 35.2 Å². The summed E-state index contributed by atoms with van der Waals surface area (Å²) in [6, 6.07) is -0.236. The molecule has 2 N–H and O–H groups in total. The minimum atomic E-state index is -2.99. The van der Waals surface area contributed by atoms with Crippen LogP contribution >= 0.6 is 0 Å². The summed E-state index contributed by atoms with van der Waals surface area (Å²) in [7, 11) is -2.99. The van der Waals surface area contributed by atoms with Crippen molar-refractivity contribution in [2.45, 2.75) is 13.0 Å². The van der Waals surface area contributed by atoms with Crippen LogP contribution in [0.1, 0.15) is 13.0 Å². The molecule has 0 saturated carbocycles. The van der Waals surface area contributed by atoms with Crippen LogP contribution in [0, 0.1) is 0 Å². The third-order valence-electron chi connectivity index (χ3n) is 1.52. The van der Waals surface area contributed by atoms with E-state index >= 15 is 0 Å². The second kappa shape index (κ2) is 3.33. The first-order valence-electron chi connectivity index (χ1n) is 3.73. The van der Waals surface area contributed by atoms with Crippen molar-refractivity contribution >= 4 is 15.8 Å². The first-order valence-corrected chi connectivity index (χ1v) is 5.79. The van der Waals surface area contributed by atoms with Crippen LogP contribution in [-0.2, 0) is 9.84 Å². The second-order valence-corrected chi connectivity index (χ2v) is 5.21. The molecule has 0 saturated heterocycles. The Morgan fingerprint density at radius 2 is 2.31 bits per heavy atom. The SMILES string of the molecule is CC(CS(C)(=O)=O)n1cnc(N)n1. The molecule has 0 aliphatic carbocycles. The molecular formula is C6H12N4O2S. The Balaban J connectivity index is 2.75. The number of anilines is 1. The van der Waals surface area contributed by atoms with E-state index in [1.807, 2.05) is 0 Å². The molecule has 0 amide bonds. The Bertz CT molecular complexity index is 383. The molecule has 1 atom stereocenters. The molecular weight excluding hydrogens is 192 g/mol. The number of hydrogen-bond acceptors (Lipinski definition) is 5. The number of nitrogens with zero attached hydrogens (tertiary/aromatic N) is 3. The van der Waals surface area contributed by atoms with E-state index in [0.717, 1.165) is 0 Å². The van der Waals surface area contributed by atoms with E-state index in [0.29, 0.717) is 0 Å². The molecule has 74 valence electrons. The van der Waals surface area contributed by atoms with E-state index in [1.54, 1.807) is 6.92 Å². The highest BCUT2D eigenvalue weighted by atomic mass is 32.2. The number of rotatable bonds is 3. The van der Waals surface area contributed by atoms with Crippen molar-refractivity contribution in [2.24, 2.45) is 0 Å². The van der Waals surface area contributed by atoms with Gasteiger partial charge in [-0.25, -0.2) is 18.1 Å². The molecule has 1 heterocycles. The van der Waals surface area contributed by atoms with Crippen LogP contribution in [0.4, 0.5) is 5.95 Å². The molecule has 6 nitrogen and oxygen atoms in total. The monoisotopic (exact) mass is 204 g/mol. The van der Waals surface area contributed by atoms with E-state index in [-0.39, 0.29) is 17.7 Å². The van der Waals surface area contributed by atoms with Gasteiger partial charge < -0.3 is 5.73 Å². The molecule has 1 aromatic heterocycles. The Morgan fingerprint density at radius 1 is 1.69 bits per heavy atom. The van der Waals surface area contributed by atoms with Crippen molar-refractivity contribution < 1.29 is 8.42 Å². The summed E-state index contributed by atoms with van der Waals surface area (Å²) in [5.41, 5.74) is 5.29. The van der Waals surface area contributed by atoms with Gasteiger partial charge in [0, 0.05) is 6.26 Å². The maximum absolute atomic E-state index is 10.9. The van der Waals surface area contributed by atoms with Crippen LogP contribution in [0.3, 0.4) is 0 Å². The van der Waals surface area contributed by atoms with Crippen LogP contribution in [0.5, 0.6) is 0 Å². The minimum Gasteiger partial charge on any atom is -0.367 e. The molecule has 0 fully saturated rings. The summed E-state index contributed by atoms with van der Waals surface area (Å²) in [6.07, 6.45) is 2.61. The maximum atomic E-state index is 10.9. The number of aromatic nitrogens is 3. The zero-order chi connectivity index (χ0) is 10.1. The molecule has 0 radical (unpaired) electrons. The van der Waals surface area contributed by atoms with E-state index in [1.165, 1.54) is 17.3 Å². The maximum Gasteiger partial charge on any atom is 0.239 e. The fourth-order valence-corrected chi connectivity index (χ4v) is 2.04. The lowest BCUT2D eigenvalue weighted by atomic mass is 10.4. The summed E-state index contributed by atoms with van der Waals surface area (Å²) in [6.45, 7) is 1.75.